The van der Waals surface area contributed by atoms with Crippen LogP contribution in [0.15, 0.2) is 5.10 Å². The van der Waals surface area contributed by atoms with Gasteiger partial charge in [0, 0.05) is 6.92 Å². The second-order valence-corrected chi connectivity index (χ2v) is 4.95. The standard InChI is InChI=1S/C8H14N4OS/c1-6(13)12-8(14-7(9)11-12)2-4-10-5-3-8/h10H,2-5H2,1H3,(H2,9,11). The maximum Gasteiger partial charge on any atom is 0.240 e. The molecule has 2 heterocycles. The summed E-state index contributed by atoms with van der Waals surface area (Å²) in [7, 11) is 0. The van der Waals surface area contributed by atoms with E-state index < -0.39 is 0 Å². The molecule has 2 aliphatic heterocycles. The molecule has 6 heteroatoms. The van der Waals surface area contributed by atoms with Crippen molar-refractivity contribution in [2.75, 3.05) is 13.1 Å². The van der Waals surface area contributed by atoms with Gasteiger partial charge in [0.1, 0.15) is 4.87 Å². The molecule has 0 radical (unpaired) electrons. The SMILES string of the molecule is CC(=O)N1N=C(N)SC12CCNCC2. The van der Waals surface area contributed by atoms with Crippen molar-refractivity contribution in [3.63, 3.8) is 0 Å². The first-order valence-corrected chi connectivity index (χ1v) is 5.50. The molecule has 14 heavy (non-hydrogen) atoms. The van der Waals surface area contributed by atoms with Crippen LogP contribution < -0.4 is 11.1 Å². The van der Waals surface area contributed by atoms with Gasteiger partial charge in [0.25, 0.3) is 0 Å². The zero-order valence-electron chi connectivity index (χ0n) is 8.12. The second-order valence-electron chi connectivity index (χ2n) is 3.57. The molecule has 0 aliphatic carbocycles. The number of nitrogens with two attached hydrogens (primary N) is 1. The van der Waals surface area contributed by atoms with Crippen LogP contribution in [-0.2, 0) is 4.79 Å². The molecule has 0 unspecified atom stereocenters. The van der Waals surface area contributed by atoms with Crippen molar-refractivity contribution in [3.8, 4) is 0 Å². The summed E-state index contributed by atoms with van der Waals surface area (Å²) in [6.07, 6.45) is 1.81. The number of carbonyl (C=O) groups is 1. The maximum absolute atomic E-state index is 11.4. The fourth-order valence-electron chi connectivity index (χ4n) is 1.94. The lowest BCUT2D eigenvalue weighted by Crippen LogP contribution is -2.49. The lowest BCUT2D eigenvalue weighted by Gasteiger charge is -2.37. The molecule has 0 atom stereocenters. The van der Waals surface area contributed by atoms with E-state index in [1.165, 1.54) is 18.7 Å². The molecule has 0 saturated carbocycles. The Labute approximate surface area is 87.1 Å². The third-order valence-electron chi connectivity index (χ3n) is 2.56. The predicted octanol–water partition coefficient (Wildman–Crippen LogP) is -0.109. The third kappa shape index (κ3) is 1.48. The fourth-order valence-corrected chi connectivity index (χ4v) is 3.11. The number of amidine groups is 1. The molecule has 5 nitrogen and oxygen atoms in total. The van der Waals surface area contributed by atoms with Gasteiger partial charge in [0.15, 0.2) is 5.17 Å². The molecule has 1 fully saturated rings. The summed E-state index contributed by atoms with van der Waals surface area (Å²) in [4.78, 5) is 11.2. The van der Waals surface area contributed by atoms with E-state index in [9.17, 15) is 4.79 Å². The van der Waals surface area contributed by atoms with Crippen molar-refractivity contribution < 1.29 is 4.79 Å². The minimum Gasteiger partial charge on any atom is -0.377 e. The van der Waals surface area contributed by atoms with E-state index in [4.69, 9.17) is 5.73 Å². The van der Waals surface area contributed by atoms with E-state index in [0.29, 0.717) is 5.17 Å². The Morgan fingerprint density at radius 3 is 2.86 bits per heavy atom. The number of carbonyl (C=O) groups excluding carboxylic acids is 1. The van der Waals surface area contributed by atoms with Crippen LogP contribution in [0.3, 0.4) is 0 Å². The Morgan fingerprint density at radius 2 is 2.29 bits per heavy atom. The Hall–Kier alpha value is -0.750. The molecule has 0 aromatic carbocycles. The number of hydrazone groups is 1. The third-order valence-corrected chi connectivity index (χ3v) is 3.81. The van der Waals surface area contributed by atoms with Gasteiger partial charge in [-0.3, -0.25) is 4.79 Å². The maximum atomic E-state index is 11.4. The lowest BCUT2D eigenvalue weighted by molar-refractivity contribution is -0.132. The summed E-state index contributed by atoms with van der Waals surface area (Å²) in [5.74, 6) is -0.0279. The highest BCUT2D eigenvalue weighted by Gasteiger charge is 2.45. The van der Waals surface area contributed by atoms with Crippen molar-refractivity contribution in [2.45, 2.75) is 24.6 Å². The molecule has 1 amide bonds. The predicted molar refractivity (Wildman–Crippen MR) is 56.6 cm³/mol. The summed E-state index contributed by atoms with van der Waals surface area (Å²) in [6, 6.07) is 0. The molecular weight excluding hydrogens is 200 g/mol. The Bertz CT molecular complexity index is 285. The van der Waals surface area contributed by atoms with E-state index in [1.54, 1.807) is 5.01 Å². The zero-order chi connectivity index (χ0) is 10.2. The number of thioether (sulfide) groups is 1. The fraction of sp³-hybridized carbons (Fsp3) is 0.750. The number of piperidine rings is 1. The molecule has 3 N–H and O–H groups in total. The van der Waals surface area contributed by atoms with Gasteiger partial charge in [-0.1, -0.05) is 11.8 Å². The number of nitrogens with one attached hydrogen (secondary N) is 1. The molecule has 2 aliphatic rings. The van der Waals surface area contributed by atoms with Crippen molar-refractivity contribution >= 4 is 22.8 Å². The monoisotopic (exact) mass is 214 g/mol. The first kappa shape index (κ1) is 9.79. The normalized spacial score (nSPS) is 25.2. The van der Waals surface area contributed by atoms with Crippen molar-refractivity contribution in [1.82, 2.24) is 10.3 Å². The molecule has 0 bridgehead atoms. The van der Waals surface area contributed by atoms with Gasteiger partial charge in [-0.25, -0.2) is 5.01 Å². The number of nitrogens with zero attached hydrogens (tertiary/aromatic N) is 2. The van der Waals surface area contributed by atoms with Crippen LogP contribution in [0.5, 0.6) is 0 Å². The van der Waals surface area contributed by atoms with E-state index in [-0.39, 0.29) is 10.8 Å². The van der Waals surface area contributed by atoms with E-state index >= 15 is 0 Å². The van der Waals surface area contributed by atoms with Gasteiger partial charge in [0.05, 0.1) is 0 Å². The van der Waals surface area contributed by atoms with Crippen molar-refractivity contribution in [1.29, 1.82) is 0 Å². The minimum atomic E-state index is -0.207. The first-order chi connectivity index (χ1) is 6.64. The Kier molecular flexibility index (Phi) is 2.40. The molecule has 78 valence electrons. The van der Waals surface area contributed by atoms with Crippen LogP contribution in [0.2, 0.25) is 0 Å². The first-order valence-electron chi connectivity index (χ1n) is 4.69. The summed E-state index contributed by atoms with van der Waals surface area (Å²) in [6.45, 7) is 3.37. The van der Waals surface area contributed by atoms with Crippen LogP contribution in [0.1, 0.15) is 19.8 Å². The van der Waals surface area contributed by atoms with Crippen LogP contribution in [0.25, 0.3) is 0 Å². The molecule has 1 spiro atoms. The molecule has 1 saturated heterocycles. The van der Waals surface area contributed by atoms with Gasteiger partial charge in [-0.2, -0.15) is 0 Å². The number of hydrogen-bond acceptors (Lipinski definition) is 5. The van der Waals surface area contributed by atoms with E-state index in [1.807, 2.05) is 0 Å². The van der Waals surface area contributed by atoms with E-state index in [0.717, 1.165) is 25.9 Å². The van der Waals surface area contributed by atoms with Gasteiger partial charge < -0.3 is 11.1 Å². The highest BCUT2D eigenvalue weighted by molar-refractivity contribution is 8.15. The number of amides is 1. The Morgan fingerprint density at radius 1 is 1.64 bits per heavy atom. The summed E-state index contributed by atoms with van der Waals surface area (Å²) >= 11 is 1.52. The van der Waals surface area contributed by atoms with Crippen LogP contribution >= 0.6 is 11.8 Å². The molecular formula is C8H14N4OS. The largest absolute Gasteiger partial charge is 0.377 e. The summed E-state index contributed by atoms with van der Waals surface area (Å²) < 4.78 is 0. The average molecular weight is 214 g/mol. The van der Waals surface area contributed by atoms with Crippen LogP contribution in [0.4, 0.5) is 0 Å². The topological polar surface area (TPSA) is 70.7 Å². The van der Waals surface area contributed by atoms with Gasteiger partial charge in [0.2, 0.25) is 5.91 Å². The molecule has 0 aromatic rings. The average Bonchev–Trinajstić information content (AvgIpc) is 2.44. The second kappa shape index (κ2) is 3.43. The van der Waals surface area contributed by atoms with Crippen LogP contribution in [-0.4, -0.2) is 34.0 Å². The van der Waals surface area contributed by atoms with Crippen molar-refractivity contribution in [2.24, 2.45) is 10.8 Å². The highest BCUT2D eigenvalue weighted by atomic mass is 32.2. The number of rotatable bonds is 0. The van der Waals surface area contributed by atoms with Gasteiger partial charge in [-0.05, 0) is 25.9 Å². The summed E-state index contributed by atoms with van der Waals surface area (Å²) in [5.41, 5.74) is 5.67. The Balaban J connectivity index is 2.22. The van der Waals surface area contributed by atoms with E-state index in [2.05, 4.69) is 10.4 Å². The molecule has 2 rings (SSSR count). The van der Waals surface area contributed by atoms with Gasteiger partial charge in [-0.15, -0.1) is 5.10 Å². The summed E-state index contributed by atoms with van der Waals surface area (Å²) in [5, 5.41) is 9.40. The minimum absolute atomic E-state index is 0.0279. The number of hydrogen-bond donors (Lipinski definition) is 2. The quantitative estimate of drug-likeness (QED) is 0.590. The van der Waals surface area contributed by atoms with Gasteiger partial charge >= 0.3 is 0 Å². The zero-order valence-corrected chi connectivity index (χ0v) is 8.93. The smallest absolute Gasteiger partial charge is 0.240 e. The lowest BCUT2D eigenvalue weighted by atomic mass is 10.1. The van der Waals surface area contributed by atoms with Crippen LogP contribution in [0, 0.1) is 0 Å². The highest BCUT2D eigenvalue weighted by Crippen LogP contribution is 2.42. The molecule has 0 aromatic heterocycles. The van der Waals surface area contributed by atoms with Crippen molar-refractivity contribution in [3.05, 3.63) is 0 Å².